The van der Waals surface area contributed by atoms with Crippen LogP contribution in [-0.4, -0.2) is 24.2 Å². The Balaban J connectivity index is 2.37. The molecule has 0 aliphatic carbocycles. The van der Waals surface area contributed by atoms with Crippen LogP contribution >= 0.6 is 0 Å². The highest BCUT2D eigenvalue weighted by atomic mass is 16.4. The third kappa shape index (κ3) is 2.43. The first-order chi connectivity index (χ1) is 8.09. The van der Waals surface area contributed by atoms with Crippen molar-refractivity contribution in [1.29, 1.82) is 0 Å². The third-order valence-corrected chi connectivity index (χ3v) is 3.36. The molecule has 0 atom stereocenters. The van der Waals surface area contributed by atoms with Gasteiger partial charge >= 0.3 is 5.97 Å². The summed E-state index contributed by atoms with van der Waals surface area (Å²) >= 11 is 0. The van der Waals surface area contributed by atoms with Crippen LogP contribution in [0.1, 0.15) is 48.5 Å². The lowest BCUT2D eigenvalue weighted by Gasteiger charge is -2.20. The van der Waals surface area contributed by atoms with Crippen molar-refractivity contribution in [3.63, 3.8) is 0 Å². The Kier molecular flexibility index (Phi) is 3.36. The predicted molar refractivity (Wildman–Crippen MR) is 68.9 cm³/mol. The quantitative estimate of drug-likeness (QED) is 0.872. The van der Waals surface area contributed by atoms with Crippen molar-refractivity contribution >= 4 is 11.7 Å². The Bertz CT molecular complexity index is 420. The fourth-order valence-electron chi connectivity index (χ4n) is 2.39. The van der Waals surface area contributed by atoms with Gasteiger partial charge in [-0.15, -0.1) is 0 Å². The molecule has 1 heterocycles. The minimum absolute atomic E-state index is 0.239. The molecular weight excluding hydrogens is 214 g/mol. The maximum atomic E-state index is 11.1. The molecule has 1 N–H and O–H groups in total. The van der Waals surface area contributed by atoms with Crippen LogP contribution in [0.15, 0.2) is 18.2 Å². The van der Waals surface area contributed by atoms with E-state index >= 15 is 0 Å². The molecule has 1 aliphatic rings. The number of nitrogens with zero attached hydrogens (tertiary/aromatic N) is 1. The second-order valence-electron chi connectivity index (χ2n) is 4.93. The van der Waals surface area contributed by atoms with Crippen LogP contribution in [0.5, 0.6) is 0 Å². The Labute approximate surface area is 102 Å². The lowest BCUT2D eigenvalue weighted by molar-refractivity contribution is 0.0695. The first kappa shape index (κ1) is 12.0. The summed E-state index contributed by atoms with van der Waals surface area (Å²) in [4.78, 5) is 13.5. The molecule has 92 valence electrons. The van der Waals surface area contributed by atoms with Crippen LogP contribution in [-0.2, 0) is 0 Å². The number of hydrogen-bond donors (Lipinski definition) is 1. The van der Waals surface area contributed by atoms with Gasteiger partial charge in [0.05, 0.1) is 5.56 Å². The molecule has 0 radical (unpaired) electrons. The molecule has 0 saturated carbocycles. The maximum Gasteiger partial charge on any atom is 0.335 e. The highest BCUT2D eigenvalue weighted by molar-refractivity contribution is 5.90. The van der Waals surface area contributed by atoms with Crippen molar-refractivity contribution in [3.8, 4) is 0 Å². The summed E-state index contributed by atoms with van der Waals surface area (Å²) in [5, 5.41) is 9.16. The van der Waals surface area contributed by atoms with Crippen LogP contribution < -0.4 is 4.90 Å². The van der Waals surface area contributed by atoms with Crippen molar-refractivity contribution in [1.82, 2.24) is 0 Å². The summed E-state index contributed by atoms with van der Waals surface area (Å²) in [7, 11) is 0. The lowest BCUT2D eigenvalue weighted by atomic mass is 9.96. The number of carboxylic acids is 1. The molecule has 0 amide bonds. The van der Waals surface area contributed by atoms with Crippen molar-refractivity contribution in [2.24, 2.45) is 0 Å². The van der Waals surface area contributed by atoms with Crippen LogP contribution in [0.4, 0.5) is 5.69 Å². The van der Waals surface area contributed by atoms with Crippen molar-refractivity contribution in [2.45, 2.75) is 32.6 Å². The van der Waals surface area contributed by atoms with E-state index in [9.17, 15) is 4.79 Å². The number of rotatable bonds is 3. The van der Waals surface area contributed by atoms with Gasteiger partial charge in [0.1, 0.15) is 0 Å². The molecule has 2 rings (SSSR count). The van der Waals surface area contributed by atoms with Crippen LogP contribution in [0.2, 0.25) is 0 Å². The van der Waals surface area contributed by atoms with E-state index in [1.165, 1.54) is 12.8 Å². The molecule has 0 aromatic heterocycles. The van der Waals surface area contributed by atoms with Gasteiger partial charge in [0.25, 0.3) is 0 Å². The van der Waals surface area contributed by atoms with Gasteiger partial charge in [0.15, 0.2) is 0 Å². The average molecular weight is 233 g/mol. The van der Waals surface area contributed by atoms with Gasteiger partial charge in [-0.3, -0.25) is 0 Å². The second kappa shape index (κ2) is 4.78. The van der Waals surface area contributed by atoms with Crippen LogP contribution in [0, 0.1) is 0 Å². The van der Waals surface area contributed by atoms with Gasteiger partial charge in [0.2, 0.25) is 0 Å². The number of hydrogen-bond acceptors (Lipinski definition) is 2. The topological polar surface area (TPSA) is 40.5 Å². The third-order valence-electron chi connectivity index (χ3n) is 3.36. The minimum atomic E-state index is -0.832. The summed E-state index contributed by atoms with van der Waals surface area (Å²) in [5.74, 6) is -0.592. The molecule has 3 nitrogen and oxygen atoms in total. The average Bonchev–Trinajstić information content (AvgIpc) is 2.81. The summed E-state index contributed by atoms with van der Waals surface area (Å²) in [6.07, 6.45) is 2.47. The molecule has 1 aliphatic heterocycles. The number of benzene rings is 1. The Morgan fingerprint density at radius 3 is 2.47 bits per heavy atom. The van der Waals surface area contributed by atoms with Crippen LogP contribution in [0.3, 0.4) is 0 Å². The highest BCUT2D eigenvalue weighted by Gasteiger charge is 2.17. The van der Waals surface area contributed by atoms with Crippen molar-refractivity contribution in [2.75, 3.05) is 18.0 Å². The largest absolute Gasteiger partial charge is 0.478 e. The first-order valence-electron chi connectivity index (χ1n) is 6.22. The standard InChI is InChI=1S/C14H19NO2/c1-10(2)13-9-11(15-7-3-4-8-15)5-6-12(13)14(16)17/h5-6,9-10H,3-4,7-8H2,1-2H3,(H,16,17). The van der Waals surface area contributed by atoms with E-state index in [0.29, 0.717) is 5.56 Å². The molecule has 0 bridgehead atoms. The molecule has 1 aromatic carbocycles. The van der Waals surface area contributed by atoms with Crippen LogP contribution in [0.25, 0.3) is 0 Å². The van der Waals surface area contributed by atoms with Crippen molar-refractivity contribution < 1.29 is 9.90 Å². The van der Waals surface area contributed by atoms with Gasteiger partial charge < -0.3 is 10.0 Å². The van der Waals surface area contributed by atoms with E-state index in [-0.39, 0.29) is 5.92 Å². The van der Waals surface area contributed by atoms with Gasteiger partial charge in [-0.25, -0.2) is 4.79 Å². The fourth-order valence-corrected chi connectivity index (χ4v) is 2.39. The summed E-state index contributed by atoms with van der Waals surface area (Å²) in [6, 6.07) is 5.71. The van der Waals surface area contributed by atoms with Crippen molar-refractivity contribution in [3.05, 3.63) is 29.3 Å². The predicted octanol–water partition coefficient (Wildman–Crippen LogP) is 3.11. The Morgan fingerprint density at radius 1 is 1.29 bits per heavy atom. The van der Waals surface area contributed by atoms with E-state index in [1.54, 1.807) is 6.07 Å². The zero-order valence-corrected chi connectivity index (χ0v) is 10.4. The number of anilines is 1. The molecular formula is C14H19NO2. The number of carbonyl (C=O) groups is 1. The van der Waals surface area contributed by atoms with E-state index in [4.69, 9.17) is 5.11 Å². The normalized spacial score (nSPS) is 15.6. The molecule has 0 unspecified atom stereocenters. The molecule has 17 heavy (non-hydrogen) atoms. The smallest absolute Gasteiger partial charge is 0.335 e. The van der Waals surface area contributed by atoms with E-state index in [2.05, 4.69) is 4.90 Å². The number of carboxylic acid groups (broad SMARTS) is 1. The molecule has 0 spiro atoms. The minimum Gasteiger partial charge on any atom is -0.478 e. The molecule has 1 saturated heterocycles. The maximum absolute atomic E-state index is 11.1. The molecule has 3 heteroatoms. The Morgan fingerprint density at radius 2 is 1.94 bits per heavy atom. The van der Waals surface area contributed by atoms with E-state index in [1.807, 2.05) is 26.0 Å². The van der Waals surface area contributed by atoms with Gasteiger partial charge in [0, 0.05) is 18.8 Å². The fraction of sp³-hybridized carbons (Fsp3) is 0.500. The summed E-state index contributed by atoms with van der Waals surface area (Å²) in [5.41, 5.74) is 2.53. The first-order valence-corrected chi connectivity index (χ1v) is 6.22. The molecule has 1 aromatic rings. The molecule has 1 fully saturated rings. The lowest BCUT2D eigenvalue weighted by Crippen LogP contribution is -2.18. The SMILES string of the molecule is CC(C)c1cc(N2CCCC2)ccc1C(=O)O. The highest BCUT2D eigenvalue weighted by Crippen LogP contribution is 2.27. The number of aromatic carboxylic acids is 1. The van der Waals surface area contributed by atoms with Gasteiger partial charge in [-0.1, -0.05) is 13.8 Å². The summed E-state index contributed by atoms with van der Waals surface area (Å²) < 4.78 is 0. The van der Waals surface area contributed by atoms with E-state index < -0.39 is 5.97 Å². The zero-order chi connectivity index (χ0) is 12.4. The van der Waals surface area contributed by atoms with Gasteiger partial charge in [-0.2, -0.15) is 0 Å². The van der Waals surface area contributed by atoms with Gasteiger partial charge in [-0.05, 0) is 42.5 Å². The monoisotopic (exact) mass is 233 g/mol. The second-order valence-corrected chi connectivity index (χ2v) is 4.93. The Hall–Kier alpha value is -1.51. The van der Waals surface area contributed by atoms with E-state index in [0.717, 1.165) is 24.3 Å². The summed E-state index contributed by atoms with van der Waals surface area (Å²) in [6.45, 7) is 6.25. The zero-order valence-electron chi connectivity index (χ0n) is 10.4.